The smallest absolute Gasteiger partial charge is 0.282 e. The summed E-state index contributed by atoms with van der Waals surface area (Å²) >= 11 is 0. The van der Waals surface area contributed by atoms with E-state index in [1.54, 1.807) is 11.8 Å². The maximum absolute atomic E-state index is 12.8. The molecule has 0 saturated carbocycles. The van der Waals surface area contributed by atoms with Crippen molar-refractivity contribution in [3.8, 4) is 5.75 Å². The lowest BCUT2D eigenvalue weighted by molar-refractivity contribution is -0.135. The molecule has 6 nitrogen and oxygen atoms in total. The first-order valence-corrected chi connectivity index (χ1v) is 9.69. The van der Waals surface area contributed by atoms with Crippen LogP contribution < -0.4 is 4.74 Å². The largest absolute Gasteiger partial charge is 0.486 e. The molecule has 0 bridgehead atoms. The number of piperidine rings is 1. The van der Waals surface area contributed by atoms with E-state index in [0.717, 1.165) is 5.56 Å². The standard InChI is InChI=1S/C21H23F2N3O3/c1-13-3-4-18-15(9-13)17(27)11-21(29-18)5-7-25(8-6-21)19(28)12-26-14(2)10-16(24-26)20(22)23/h3-4,9-10,20H,5-8,11-12H2,1-2H3. The Kier molecular flexibility index (Phi) is 4.88. The predicted molar refractivity (Wildman–Crippen MR) is 101 cm³/mol. The molecule has 1 aromatic carbocycles. The van der Waals surface area contributed by atoms with Crippen LogP contribution in [0.2, 0.25) is 0 Å². The highest BCUT2D eigenvalue weighted by molar-refractivity contribution is 6.00. The van der Waals surface area contributed by atoms with E-state index < -0.39 is 12.0 Å². The zero-order valence-corrected chi connectivity index (χ0v) is 16.5. The van der Waals surface area contributed by atoms with Crippen LogP contribution in [0.25, 0.3) is 0 Å². The van der Waals surface area contributed by atoms with Crippen LogP contribution in [0.1, 0.15) is 53.0 Å². The summed E-state index contributed by atoms with van der Waals surface area (Å²) < 4.78 is 33.1. The fraction of sp³-hybridized carbons (Fsp3) is 0.476. The molecule has 3 heterocycles. The van der Waals surface area contributed by atoms with Gasteiger partial charge in [0.25, 0.3) is 6.43 Å². The van der Waals surface area contributed by atoms with Gasteiger partial charge in [-0.1, -0.05) is 11.6 Å². The molecule has 8 heteroatoms. The summed E-state index contributed by atoms with van der Waals surface area (Å²) in [4.78, 5) is 27.0. The number of fused-ring (bicyclic) bond motifs is 1. The van der Waals surface area contributed by atoms with Crippen molar-refractivity contribution in [3.05, 3.63) is 46.8 Å². The lowest BCUT2D eigenvalue weighted by Crippen LogP contribution is -2.52. The molecule has 1 spiro atoms. The number of Topliss-reactive ketones (excluding diaryl/α,β-unsaturated/α-hetero) is 1. The Hall–Kier alpha value is -2.77. The van der Waals surface area contributed by atoms with E-state index in [2.05, 4.69) is 5.10 Å². The van der Waals surface area contributed by atoms with Gasteiger partial charge in [-0.3, -0.25) is 14.3 Å². The van der Waals surface area contributed by atoms with Gasteiger partial charge in [0.1, 0.15) is 23.6 Å². The van der Waals surface area contributed by atoms with Crippen molar-refractivity contribution in [1.29, 1.82) is 0 Å². The van der Waals surface area contributed by atoms with E-state index in [9.17, 15) is 18.4 Å². The first-order valence-electron chi connectivity index (χ1n) is 9.69. The van der Waals surface area contributed by atoms with Crippen molar-refractivity contribution in [3.63, 3.8) is 0 Å². The zero-order chi connectivity index (χ0) is 20.8. The van der Waals surface area contributed by atoms with E-state index in [-0.39, 0.29) is 23.9 Å². The Morgan fingerprint density at radius 1 is 1.24 bits per heavy atom. The molecule has 0 radical (unpaired) electrons. The number of aryl methyl sites for hydroxylation is 2. The van der Waals surface area contributed by atoms with E-state index in [4.69, 9.17) is 4.74 Å². The van der Waals surface area contributed by atoms with Gasteiger partial charge in [0.05, 0.1) is 12.0 Å². The molecule has 0 aliphatic carbocycles. The maximum Gasteiger partial charge on any atom is 0.282 e. The Morgan fingerprint density at radius 2 is 1.97 bits per heavy atom. The first kappa shape index (κ1) is 19.5. The van der Waals surface area contributed by atoms with Crippen LogP contribution >= 0.6 is 0 Å². The molecule has 1 saturated heterocycles. The lowest BCUT2D eigenvalue weighted by atomic mass is 9.82. The number of hydrogen-bond donors (Lipinski definition) is 0. The third-order valence-corrected chi connectivity index (χ3v) is 5.78. The van der Waals surface area contributed by atoms with Crippen molar-refractivity contribution in [2.45, 2.75) is 51.7 Å². The summed E-state index contributed by atoms with van der Waals surface area (Å²) in [5, 5.41) is 3.82. The number of benzene rings is 1. The summed E-state index contributed by atoms with van der Waals surface area (Å²) in [5.74, 6) is 0.504. The number of nitrogens with zero attached hydrogens (tertiary/aromatic N) is 3. The van der Waals surface area contributed by atoms with Crippen molar-refractivity contribution in [2.24, 2.45) is 0 Å². The van der Waals surface area contributed by atoms with Crippen LogP contribution in [0.15, 0.2) is 24.3 Å². The van der Waals surface area contributed by atoms with Crippen LogP contribution in [0.5, 0.6) is 5.75 Å². The number of alkyl halides is 2. The van der Waals surface area contributed by atoms with Gasteiger partial charge in [-0.25, -0.2) is 8.78 Å². The molecule has 0 N–H and O–H groups in total. The van der Waals surface area contributed by atoms with Crippen molar-refractivity contribution in [1.82, 2.24) is 14.7 Å². The molecular weight excluding hydrogens is 380 g/mol. The number of ketones is 1. The van der Waals surface area contributed by atoms with Crippen LogP contribution in [0, 0.1) is 13.8 Å². The number of rotatable bonds is 3. The topological polar surface area (TPSA) is 64.4 Å². The van der Waals surface area contributed by atoms with Gasteiger partial charge in [0.15, 0.2) is 5.78 Å². The summed E-state index contributed by atoms with van der Waals surface area (Å²) in [6.45, 7) is 4.42. The molecule has 29 heavy (non-hydrogen) atoms. The average molecular weight is 403 g/mol. The van der Waals surface area contributed by atoms with Gasteiger partial charge in [-0.2, -0.15) is 5.10 Å². The van der Waals surface area contributed by atoms with Crippen LogP contribution in [-0.2, 0) is 11.3 Å². The minimum atomic E-state index is -2.66. The first-order chi connectivity index (χ1) is 13.8. The van der Waals surface area contributed by atoms with Gasteiger partial charge in [0, 0.05) is 31.6 Å². The number of amides is 1. The highest BCUT2D eigenvalue weighted by atomic mass is 19.3. The second-order valence-electron chi connectivity index (χ2n) is 7.93. The highest BCUT2D eigenvalue weighted by Gasteiger charge is 2.43. The summed E-state index contributed by atoms with van der Waals surface area (Å²) in [7, 11) is 0. The minimum Gasteiger partial charge on any atom is -0.486 e. The molecule has 2 aromatic rings. The van der Waals surface area contributed by atoms with Crippen molar-refractivity contribution < 1.29 is 23.1 Å². The molecule has 0 unspecified atom stereocenters. The molecule has 0 atom stereocenters. The molecule has 154 valence electrons. The van der Waals surface area contributed by atoms with E-state index >= 15 is 0 Å². The zero-order valence-electron chi connectivity index (χ0n) is 16.5. The number of carbonyl (C=O) groups excluding carboxylic acids is 2. The summed E-state index contributed by atoms with van der Waals surface area (Å²) in [6.07, 6.45) is -1.25. The average Bonchev–Trinajstić information content (AvgIpc) is 3.04. The third kappa shape index (κ3) is 3.75. The number of carbonyl (C=O) groups is 2. The number of halogens is 2. The van der Waals surface area contributed by atoms with Crippen LogP contribution in [-0.4, -0.2) is 45.1 Å². The second kappa shape index (κ2) is 7.24. The van der Waals surface area contributed by atoms with Crippen LogP contribution in [0.3, 0.4) is 0 Å². The third-order valence-electron chi connectivity index (χ3n) is 5.78. The van der Waals surface area contributed by atoms with Gasteiger partial charge in [0.2, 0.25) is 5.91 Å². The number of hydrogen-bond acceptors (Lipinski definition) is 4. The quantitative estimate of drug-likeness (QED) is 0.787. The molecule has 4 rings (SSSR count). The molecule has 1 fully saturated rings. The lowest BCUT2D eigenvalue weighted by Gasteiger charge is -2.44. The SMILES string of the molecule is Cc1ccc2c(c1)C(=O)CC1(CCN(C(=O)Cn3nc(C(F)F)cc3C)CC1)O2. The molecular formula is C21H23F2N3O3. The summed E-state index contributed by atoms with van der Waals surface area (Å²) in [5.41, 5.74) is 1.26. The highest BCUT2D eigenvalue weighted by Crippen LogP contribution is 2.39. The molecule has 1 amide bonds. The predicted octanol–water partition coefficient (Wildman–Crippen LogP) is 3.46. The fourth-order valence-electron chi connectivity index (χ4n) is 4.08. The van der Waals surface area contributed by atoms with E-state index in [0.29, 0.717) is 49.4 Å². The molecule has 2 aliphatic heterocycles. The Labute approximate surface area is 167 Å². The number of aromatic nitrogens is 2. The second-order valence-corrected chi connectivity index (χ2v) is 7.93. The van der Waals surface area contributed by atoms with Gasteiger partial charge >= 0.3 is 0 Å². The van der Waals surface area contributed by atoms with Crippen molar-refractivity contribution >= 4 is 11.7 Å². The number of likely N-dealkylation sites (tertiary alicyclic amines) is 1. The van der Waals surface area contributed by atoms with Gasteiger partial charge < -0.3 is 9.64 Å². The van der Waals surface area contributed by atoms with E-state index in [1.807, 2.05) is 25.1 Å². The Bertz CT molecular complexity index is 962. The maximum atomic E-state index is 12.8. The monoisotopic (exact) mass is 403 g/mol. The normalized spacial score (nSPS) is 18.1. The van der Waals surface area contributed by atoms with Crippen molar-refractivity contribution in [2.75, 3.05) is 13.1 Å². The molecule has 1 aromatic heterocycles. The summed E-state index contributed by atoms with van der Waals surface area (Å²) in [6, 6.07) is 6.90. The van der Waals surface area contributed by atoms with Crippen LogP contribution in [0.4, 0.5) is 8.78 Å². The minimum absolute atomic E-state index is 0.0708. The van der Waals surface area contributed by atoms with Gasteiger partial charge in [-0.05, 0) is 32.0 Å². The van der Waals surface area contributed by atoms with E-state index in [1.165, 1.54) is 10.7 Å². The Balaban J connectivity index is 1.41. The number of ether oxygens (including phenoxy) is 1. The van der Waals surface area contributed by atoms with Gasteiger partial charge in [-0.15, -0.1) is 0 Å². The Morgan fingerprint density at radius 3 is 2.62 bits per heavy atom. The molecule has 2 aliphatic rings. The fourth-order valence-corrected chi connectivity index (χ4v) is 4.08.